The monoisotopic (exact) mass is 208 g/mol. The second-order valence-electron chi connectivity index (χ2n) is 3.78. The van der Waals surface area contributed by atoms with Crippen LogP contribution in [-0.4, -0.2) is 19.8 Å². The van der Waals surface area contributed by atoms with E-state index in [4.69, 9.17) is 10.5 Å². The van der Waals surface area contributed by atoms with Gasteiger partial charge in [0.05, 0.1) is 6.61 Å². The molecule has 3 nitrogen and oxygen atoms in total. The van der Waals surface area contributed by atoms with Crippen molar-refractivity contribution in [1.82, 2.24) is 0 Å². The zero-order chi connectivity index (χ0) is 11.3. The van der Waals surface area contributed by atoms with Crippen molar-refractivity contribution in [1.29, 1.82) is 0 Å². The van der Waals surface area contributed by atoms with Crippen molar-refractivity contribution in [3.8, 4) is 0 Å². The molecule has 0 heterocycles. The number of rotatable bonds is 5. The van der Waals surface area contributed by atoms with Crippen LogP contribution < -0.4 is 11.1 Å². The van der Waals surface area contributed by atoms with Gasteiger partial charge in [-0.15, -0.1) is 0 Å². The number of hydrogen-bond donors (Lipinski definition) is 2. The third-order valence-corrected chi connectivity index (χ3v) is 2.50. The van der Waals surface area contributed by atoms with E-state index >= 15 is 0 Å². The molecule has 0 saturated carbocycles. The van der Waals surface area contributed by atoms with E-state index in [1.54, 1.807) is 7.11 Å². The SMILES string of the molecule is CCC(COC)Nc1ccc(N)c(C)c1. The Kier molecular flexibility index (Phi) is 4.43. The third-order valence-electron chi connectivity index (χ3n) is 2.50. The molecule has 0 aliphatic carbocycles. The predicted molar refractivity (Wildman–Crippen MR) is 65.2 cm³/mol. The van der Waals surface area contributed by atoms with E-state index < -0.39 is 0 Å². The normalized spacial score (nSPS) is 12.5. The fourth-order valence-electron chi connectivity index (χ4n) is 1.46. The van der Waals surface area contributed by atoms with E-state index in [2.05, 4.69) is 18.3 Å². The van der Waals surface area contributed by atoms with Crippen molar-refractivity contribution >= 4 is 11.4 Å². The summed E-state index contributed by atoms with van der Waals surface area (Å²) in [6, 6.07) is 6.35. The number of benzene rings is 1. The molecule has 0 spiro atoms. The summed E-state index contributed by atoms with van der Waals surface area (Å²) in [5, 5.41) is 3.42. The molecule has 1 unspecified atom stereocenters. The minimum atomic E-state index is 0.359. The number of ether oxygens (including phenoxy) is 1. The molecule has 0 aromatic heterocycles. The maximum atomic E-state index is 5.76. The molecule has 0 aliphatic rings. The fourth-order valence-corrected chi connectivity index (χ4v) is 1.46. The molecule has 1 aromatic rings. The molecule has 3 heteroatoms. The molecule has 0 saturated heterocycles. The molecular formula is C12H20N2O. The Hall–Kier alpha value is -1.22. The Labute approximate surface area is 91.6 Å². The fraction of sp³-hybridized carbons (Fsp3) is 0.500. The molecular weight excluding hydrogens is 188 g/mol. The van der Waals surface area contributed by atoms with Crippen molar-refractivity contribution < 1.29 is 4.74 Å². The molecule has 84 valence electrons. The zero-order valence-corrected chi connectivity index (χ0v) is 9.71. The molecule has 0 amide bonds. The first kappa shape index (κ1) is 11.9. The number of nitrogens with one attached hydrogen (secondary N) is 1. The van der Waals surface area contributed by atoms with E-state index in [0.717, 1.165) is 30.0 Å². The lowest BCUT2D eigenvalue weighted by atomic mass is 10.1. The maximum Gasteiger partial charge on any atom is 0.0663 e. The first-order valence-corrected chi connectivity index (χ1v) is 5.29. The van der Waals surface area contributed by atoms with Gasteiger partial charge in [-0.2, -0.15) is 0 Å². The smallest absolute Gasteiger partial charge is 0.0663 e. The average Bonchev–Trinajstić information content (AvgIpc) is 2.23. The van der Waals surface area contributed by atoms with E-state index in [9.17, 15) is 0 Å². The average molecular weight is 208 g/mol. The van der Waals surface area contributed by atoms with Gasteiger partial charge in [-0.25, -0.2) is 0 Å². The van der Waals surface area contributed by atoms with Crippen molar-refractivity contribution in [3.05, 3.63) is 23.8 Å². The number of aryl methyl sites for hydroxylation is 1. The summed E-state index contributed by atoms with van der Waals surface area (Å²) in [5.41, 5.74) is 8.80. The van der Waals surface area contributed by atoms with E-state index in [1.807, 2.05) is 19.1 Å². The van der Waals surface area contributed by atoms with E-state index in [0.29, 0.717) is 6.04 Å². The Balaban J connectivity index is 2.66. The number of anilines is 2. The van der Waals surface area contributed by atoms with Crippen LogP contribution in [0.25, 0.3) is 0 Å². The van der Waals surface area contributed by atoms with Gasteiger partial charge in [-0.1, -0.05) is 6.92 Å². The second-order valence-corrected chi connectivity index (χ2v) is 3.78. The first-order chi connectivity index (χ1) is 7.17. The Morgan fingerprint density at radius 1 is 1.47 bits per heavy atom. The highest BCUT2D eigenvalue weighted by molar-refractivity contribution is 5.57. The molecule has 0 fully saturated rings. The molecule has 0 aliphatic heterocycles. The Morgan fingerprint density at radius 2 is 2.20 bits per heavy atom. The van der Waals surface area contributed by atoms with Crippen LogP contribution in [0.5, 0.6) is 0 Å². The topological polar surface area (TPSA) is 47.3 Å². The predicted octanol–water partition coefficient (Wildman–Crippen LogP) is 2.41. The largest absolute Gasteiger partial charge is 0.399 e. The lowest BCUT2D eigenvalue weighted by molar-refractivity contribution is 0.184. The standard InChI is InChI=1S/C12H20N2O/c1-4-10(8-15-3)14-11-5-6-12(13)9(2)7-11/h5-7,10,14H,4,8,13H2,1-3H3. The van der Waals surface area contributed by atoms with Gasteiger partial charge < -0.3 is 15.8 Å². The summed E-state index contributed by atoms with van der Waals surface area (Å²) in [7, 11) is 1.72. The van der Waals surface area contributed by atoms with Crippen LogP contribution in [0.15, 0.2) is 18.2 Å². The minimum absolute atomic E-state index is 0.359. The lowest BCUT2D eigenvalue weighted by Gasteiger charge is -2.17. The van der Waals surface area contributed by atoms with Crippen LogP contribution in [0.1, 0.15) is 18.9 Å². The summed E-state index contributed by atoms with van der Waals surface area (Å²) in [4.78, 5) is 0. The molecule has 3 N–H and O–H groups in total. The van der Waals surface area contributed by atoms with Crippen molar-refractivity contribution in [2.75, 3.05) is 24.8 Å². The number of hydrogen-bond acceptors (Lipinski definition) is 3. The molecule has 0 radical (unpaired) electrons. The third kappa shape index (κ3) is 3.44. The van der Waals surface area contributed by atoms with Crippen LogP contribution in [-0.2, 0) is 4.74 Å². The van der Waals surface area contributed by atoms with Gasteiger partial charge in [0.1, 0.15) is 0 Å². The van der Waals surface area contributed by atoms with Gasteiger partial charge in [0.2, 0.25) is 0 Å². The molecule has 1 aromatic carbocycles. The highest BCUT2D eigenvalue weighted by atomic mass is 16.5. The van der Waals surface area contributed by atoms with Gasteiger partial charge in [-0.05, 0) is 37.1 Å². The number of nitrogens with two attached hydrogens (primary N) is 1. The van der Waals surface area contributed by atoms with Crippen molar-refractivity contribution in [2.24, 2.45) is 0 Å². The highest BCUT2D eigenvalue weighted by Crippen LogP contribution is 2.17. The second kappa shape index (κ2) is 5.61. The van der Waals surface area contributed by atoms with Crippen LogP contribution in [0.2, 0.25) is 0 Å². The molecule has 0 bridgehead atoms. The van der Waals surface area contributed by atoms with Gasteiger partial charge >= 0.3 is 0 Å². The van der Waals surface area contributed by atoms with Gasteiger partial charge in [0.15, 0.2) is 0 Å². The maximum absolute atomic E-state index is 5.76. The van der Waals surface area contributed by atoms with E-state index in [1.165, 1.54) is 0 Å². The molecule has 1 rings (SSSR count). The Bertz CT molecular complexity index is 312. The van der Waals surface area contributed by atoms with Crippen LogP contribution in [0.3, 0.4) is 0 Å². The van der Waals surface area contributed by atoms with Gasteiger partial charge in [-0.3, -0.25) is 0 Å². The quantitative estimate of drug-likeness (QED) is 0.730. The number of nitrogen functional groups attached to an aromatic ring is 1. The summed E-state index contributed by atoms with van der Waals surface area (Å²) in [5.74, 6) is 0. The van der Waals surface area contributed by atoms with Gasteiger partial charge in [0.25, 0.3) is 0 Å². The van der Waals surface area contributed by atoms with Crippen LogP contribution in [0.4, 0.5) is 11.4 Å². The lowest BCUT2D eigenvalue weighted by Crippen LogP contribution is -2.23. The minimum Gasteiger partial charge on any atom is -0.399 e. The summed E-state index contributed by atoms with van der Waals surface area (Å²) >= 11 is 0. The molecule has 15 heavy (non-hydrogen) atoms. The van der Waals surface area contributed by atoms with Crippen molar-refractivity contribution in [3.63, 3.8) is 0 Å². The van der Waals surface area contributed by atoms with Crippen molar-refractivity contribution in [2.45, 2.75) is 26.3 Å². The first-order valence-electron chi connectivity index (χ1n) is 5.29. The Morgan fingerprint density at radius 3 is 2.73 bits per heavy atom. The summed E-state index contributed by atoms with van der Waals surface area (Å²) < 4.78 is 5.13. The summed E-state index contributed by atoms with van der Waals surface area (Å²) in [6.07, 6.45) is 1.04. The highest BCUT2D eigenvalue weighted by Gasteiger charge is 2.05. The summed E-state index contributed by atoms with van der Waals surface area (Å²) in [6.45, 7) is 4.87. The van der Waals surface area contributed by atoms with Gasteiger partial charge in [0, 0.05) is 24.5 Å². The molecule has 1 atom stereocenters. The number of methoxy groups -OCH3 is 1. The van der Waals surface area contributed by atoms with Crippen LogP contribution in [0, 0.1) is 6.92 Å². The van der Waals surface area contributed by atoms with Crippen LogP contribution >= 0.6 is 0 Å². The zero-order valence-electron chi connectivity index (χ0n) is 9.71. The van der Waals surface area contributed by atoms with E-state index in [-0.39, 0.29) is 0 Å².